The molecule has 1 N–H and O–H groups in total. The van der Waals surface area contributed by atoms with Gasteiger partial charge in [0.15, 0.2) is 0 Å². The van der Waals surface area contributed by atoms with Gasteiger partial charge in [-0.1, -0.05) is 52.0 Å². The van der Waals surface area contributed by atoms with Crippen LogP contribution in [0.25, 0.3) is 0 Å². The maximum Gasteiger partial charge on any atom is 0.0107 e. The fourth-order valence-corrected chi connectivity index (χ4v) is 3.15. The summed E-state index contributed by atoms with van der Waals surface area (Å²) in [6, 6.07) is 10.2. The van der Waals surface area contributed by atoms with Crippen LogP contribution in [-0.4, -0.2) is 12.6 Å². The van der Waals surface area contributed by atoms with E-state index in [0.29, 0.717) is 5.41 Å². The first kappa shape index (κ1) is 13.2. The fraction of sp³-hybridized carbons (Fsp3) is 0.667. The van der Waals surface area contributed by atoms with Crippen LogP contribution < -0.4 is 5.32 Å². The molecule has 3 rings (SSSR count). The van der Waals surface area contributed by atoms with E-state index < -0.39 is 0 Å². The molecule has 2 aliphatic rings. The molecule has 0 radical (unpaired) electrons. The Kier molecular flexibility index (Phi) is 3.01. The summed E-state index contributed by atoms with van der Waals surface area (Å²) in [6.07, 6.45) is 4.11. The van der Waals surface area contributed by atoms with Gasteiger partial charge >= 0.3 is 0 Å². The third-order valence-electron chi connectivity index (χ3n) is 5.06. The molecule has 0 bridgehead atoms. The first-order chi connectivity index (χ1) is 8.92. The zero-order valence-electron chi connectivity index (χ0n) is 12.8. The molecule has 2 atom stereocenters. The summed E-state index contributed by atoms with van der Waals surface area (Å²) < 4.78 is 0. The van der Waals surface area contributed by atoms with E-state index in [9.17, 15) is 0 Å². The van der Waals surface area contributed by atoms with Crippen molar-refractivity contribution in [2.45, 2.75) is 63.8 Å². The molecule has 0 aromatic heterocycles. The van der Waals surface area contributed by atoms with E-state index in [1.54, 1.807) is 5.56 Å². The molecule has 2 fully saturated rings. The predicted molar refractivity (Wildman–Crippen MR) is 81.6 cm³/mol. The average molecular weight is 257 g/mol. The van der Waals surface area contributed by atoms with Crippen molar-refractivity contribution in [3.05, 3.63) is 35.4 Å². The first-order valence-electron chi connectivity index (χ1n) is 7.76. The number of benzene rings is 1. The average Bonchev–Trinajstić information content (AvgIpc) is 3.23. The highest BCUT2D eigenvalue weighted by atomic mass is 15.0. The maximum atomic E-state index is 3.73. The number of hydrogen-bond acceptors (Lipinski definition) is 1. The van der Waals surface area contributed by atoms with Gasteiger partial charge in [0.05, 0.1) is 0 Å². The quantitative estimate of drug-likeness (QED) is 0.859. The molecule has 1 heteroatoms. The van der Waals surface area contributed by atoms with Crippen LogP contribution in [0.1, 0.15) is 58.1 Å². The third kappa shape index (κ3) is 2.58. The van der Waals surface area contributed by atoms with E-state index in [-0.39, 0.29) is 5.41 Å². The summed E-state index contributed by atoms with van der Waals surface area (Å²) in [5, 5.41) is 3.73. The molecule has 0 saturated heterocycles. The summed E-state index contributed by atoms with van der Waals surface area (Å²) in [5.41, 5.74) is 3.67. The van der Waals surface area contributed by atoms with Crippen LogP contribution in [0.4, 0.5) is 0 Å². The van der Waals surface area contributed by atoms with Gasteiger partial charge < -0.3 is 5.32 Å². The van der Waals surface area contributed by atoms with E-state index in [1.165, 1.54) is 31.4 Å². The van der Waals surface area contributed by atoms with Crippen molar-refractivity contribution in [3.63, 3.8) is 0 Å². The second-order valence-electron chi connectivity index (χ2n) is 7.74. The van der Waals surface area contributed by atoms with E-state index >= 15 is 0 Å². The van der Waals surface area contributed by atoms with E-state index in [4.69, 9.17) is 0 Å². The lowest BCUT2D eigenvalue weighted by atomic mass is 9.84. The highest BCUT2D eigenvalue weighted by molar-refractivity contribution is 5.37. The number of nitrogens with one attached hydrogen (secondary N) is 1. The van der Waals surface area contributed by atoms with E-state index in [2.05, 4.69) is 57.3 Å². The van der Waals surface area contributed by atoms with Gasteiger partial charge in [-0.25, -0.2) is 0 Å². The molecule has 0 spiro atoms. The van der Waals surface area contributed by atoms with E-state index in [1.807, 2.05) is 0 Å². The lowest BCUT2D eigenvalue weighted by molar-refractivity contribution is 0.539. The van der Waals surface area contributed by atoms with Crippen LogP contribution in [0.5, 0.6) is 0 Å². The standard InChI is InChI=1S/C18H27N/c1-13-11-18(13,12-19-16-9-10-16)15-7-5-14(6-8-15)17(2,3)4/h5-8,13,16,19H,9-12H2,1-4H3. The Labute approximate surface area is 117 Å². The van der Waals surface area contributed by atoms with Gasteiger partial charge in [-0.3, -0.25) is 0 Å². The number of rotatable bonds is 4. The van der Waals surface area contributed by atoms with Crippen LogP contribution in [0, 0.1) is 5.92 Å². The maximum absolute atomic E-state index is 3.73. The van der Waals surface area contributed by atoms with Crippen LogP contribution in [-0.2, 0) is 10.8 Å². The Hall–Kier alpha value is -0.820. The summed E-state index contributed by atoms with van der Waals surface area (Å²) in [7, 11) is 0. The molecule has 2 saturated carbocycles. The molecule has 0 heterocycles. The molecule has 0 aliphatic heterocycles. The Morgan fingerprint density at radius 2 is 1.74 bits per heavy atom. The molecule has 1 aromatic rings. The highest BCUT2D eigenvalue weighted by Crippen LogP contribution is 2.54. The Morgan fingerprint density at radius 3 is 2.16 bits per heavy atom. The van der Waals surface area contributed by atoms with Crippen molar-refractivity contribution in [3.8, 4) is 0 Å². The van der Waals surface area contributed by atoms with Crippen LogP contribution in [0.3, 0.4) is 0 Å². The van der Waals surface area contributed by atoms with Crippen LogP contribution in [0.15, 0.2) is 24.3 Å². The van der Waals surface area contributed by atoms with Crippen molar-refractivity contribution in [2.75, 3.05) is 6.54 Å². The minimum atomic E-state index is 0.257. The Balaban J connectivity index is 1.76. The predicted octanol–water partition coefficient (Wildman–Crippen LogP) is 4.01. The Bertz CT molecular complexity index is 450. The van der Waals surface area contributed by atoms with Gasteiger partial charge in [0.25, 0.3) is 0 Å². The largest absolute Gasteiger partial charge is 0.313 e. The first-order valence-corrected chi connectivity index (χ1v) is 7.76. The number of hydrogen-bond donors (Lipinski definition) is 1. The highest BCUT2D eigenvalue weighted by Gasteiger charge is 2.52. The molecule has 19 heavy (non-hydrogen) atoms. The fourth-order valence-electron chi connectivity index (χ4n) is 3.15. The van der Waals surface area contributed by atoms with Crippen molar-refractivity contribution in [1.29, 1.82) is 0 Å². The minimum absolute atomic E-state index is 0.257. The van der Waals surface area contributed by atoms with Crippen molar-refractivity contribution < 1.29 is 0 Å². The zero-order chi connectivity index (χ0) is 13.7. The molecule has 1 nitrogen and oxygen atoms in total. The summed E-state index contributed by atoms with van der Waals surface area (Å²) in [6.45, 7) is 10.4. The van der Waals surface area contributed by atoms with Crippen molar-refractivity contribution in [1.82, 2.24) is 5.32 Å². The second-order valence-corrected chi connectivity index (χ2v) is 7.74. The molecule has 1 aromatic carbocycles. The van der Waals surface area contributed by atoms with Gasteiger partial charge in [0.2, 0.25) is 0 Å². The minimum Gasteiger partial charge on any atom is -0.313 e. The van der Waals surface area contributed by atoms with Gasteiger partial charge in [0.1, 0.15) is 0 Å². The summed E-state index contributed by atoms with van der Waals surface area (Å²) >= 11 is 0. The summed E-state index contributed by atoms with van der Waals surface area (Å²) in [5.74, 6) is 0.833. The van der Waals surface area contributed by atoms with E-state index in [0.717, 1.165) is 12.0 Å². The topological polar surface area (TPSA) is 12.0 Å². The van der Waals surface area contributed by atoms with Crippen LogP contribution >= 0.6 is 0 Å². The monoisotopic (exact) mass is 257 g/mol. The normalized spacial score (nSPS) is 30.4. The van der Waals surface area contributed by atoms with Gasteiger partial charge in [-0.15, -0.1) is 0 Å². The van der Waals surface area contributed by atoms with Gasteiger partial charge in [0, 0.05) is 18.0 Å². The van der Waals surface area contributed by atoms with Crippen LogP contribution in [0.2, 0.25) is 0 Å². The summed E-state index contributed by atoms with van der Waals surface area (Å²) in [4.78, 5) is 0. The molecule has 2 aliphatic carbocycles. The van der Waals surface area contributed by atoms with Crippen molar-refractivity contribution >= 4 is 0 Å². The lowest BCUT2D eigenvalue weighted by Crippen LogP contribution is -2.30. The third-order valence-corrected chi connectivity index (χ3v) is 5.06. The second kappa shape index (κ2) is 4.34. The SMILES string of the molecule is CC1CC1(CNC1CC1)c1ccc(C(C)(C)C)cc1. The smallest absolute Gasteiger partial charge is 0.0107 e. The Morgan fingerprint density at radius 1 is 1.16 bits per heavy atom. The molecular weight excluding hydrogens is 230 g/mol. The van der Waals surface area contributed by atoms with Gasteiger partial charge in [-0.2, -0.15) is 0 Å². The molecule has 2 unspecified atom stereocenters. The molecular formula is C18H27N. The molecule has 104 valence electrons. The lowest BCUT2D eigenvalue weighted by Gasteiger charge is -2.22. The van der Waals surface area contributed by atoms with Crippen molar-refractivity contribution in [2.24, 2.45) is 5.92 Å². The van der Waals surface area contributed by atoms with Gasteiger partial charge in [-0.05, 0) is 41.7 Å². The zero-order valence-corrected chi connectivity index (χ0v) is 12.8. The molecule has 0 amide bonds.